The highest BCUT2D eigenvalue weighted by atomic mass is 35.5. The van der Waals surface area contributed by atoms with Crippen LogP contribution >= 0.6 is 18.8 Å². The highest BCUT2D eigenvalue weighted by molar-refractivity contribution is 7.73. The normalized spacial score (nSPS) is 14.1. The van der Waals surface area contributed by atoms with Gasteiger partial charge in [-0.25, -0.2) is 9.43 Å². The van der Waals surface area contributed by atoms with Crippen LogP contribution < -0.4 is 5.30 Å². The van der Waals surface area contributed by atoms with Crippen LogP contribution in [-0.2, 0) is 0 Å². The molecule has 6 heteroatoms. The minimum Gasteiger partial charge on any atom is -0.271 e. The summed E-state index contributed by atoms with van der Waals surface area (Å²) in [5.74, 6) is 0. The molecule has 0 aliphatic carbocycles. The topological polar surface area (TPSA) is 33.4 Å². The Hall–Kier alpha value is -1.87. The predicted molar refractivity (Wildman–Crippen MR) is 131 cm³/mol. The van der Waals surface area contributed by atoms with Crippen molar-refractivity contribution in [2.45, 2.75) is 46.7 Å². The molecule has 0 amide bonds. The van der Waals surface area contributed by atoms with Crippen molar-refractivity contribution in [1.82, 2.24) is 14.5 Å². The number of halogens is 1. The van der Waals surface area contributed by atoms with Crippen LogP contribution in [-0.4, -0.2) is 33.7 Å². The SMILES string of the molecule is Cc1cccc(N=[P@@](c2c(C)nn(-c3ccccc3)c2C)(N(C)C)C(C)(C)C)c1Cl. The molecule has 160 valence electrons. The average Bonchev–Trinajstić information content (AvgIpc) is 2.97. The van der Waals surface area contributed by atoms with E-state index < -0.39 is 7.21 Å². The Balaban J connectivity index is 2.43. The minimum absolute atomic E-state index is 0.121. The van der Waals surface area contributed by atoms with Gasteiger partial charge in [0.05, 0.1) is 40.3 Å². The molecule has 0 radical (unpaired) electrons. The van der Waals surface area contributed by atoms with E-state index in [1.807, 2.05) is 48.0 Å². The molecule has 3 rings (SSSR count). The van der Waals surface area contributed by atoms with Gasteiger partial charge in [-0.05, 0) is 58.6 Å². The third kappa shape index (κ3) is 3.77. The summed E-state index contributed by atoms with van der Waals surface area (Å²) in [7, 11) is 2.00. The number of hydrogen-bond acceptors (Lipinski definition) is 2. The Labute approximate surface area is 186 Å². The van der Waals surface area contributed by atoms with E-state index >= 15 is 0 Å². The van der Waals surface area contributed by atoms with E-state index in [1.54, 1.807) is 0 Å². The van der Waals surface area contributed by atoms with Crippen molar-refractivity contribution in [3.8, 4) is 5.69 Å². The smallest absolute Gasteiger partial charge is 0.0822 e. The minimum atomic E-state index is -2.26. The van der Waals surface area contributed by atoms with Gasteiger partial charge < -0.3 is 0 Å². The summed E-state index contributed by atoms with van der Waals surface area (Å²) in [6.45, 7) is 13.1. The van der Waals surface area contributed by atoms with E-state index in [0.29, 0.717) is 0 Å². The summed E-state index contributed by atoms with van der Waals surface area (Å²) in [5.41, 5.74) is 5.09. The molecule has 0 bridgehead atoms. The molecule has 0 saturated carbocycles. The van der Waals surface area contributed by atoms with E-state index in [1.165, 1.54) is 5.30 Å². The number of aromatic nitrogens is 2. The predicted octanol–water partition coefficient (Wildman–Crippen LogP) is 6.88. The molecule has 0 aliphatic heterocycles. The van der Waals surface area contributed by atoms with E-state index in [0.717, 1.165) is 33.3 Å². The fourth-order valence-electron chi connectivity index (χ4n) is 4.20. The molecule has 1 aromatic heterocycles. The molecule has 1 heterocycles. The first-order valence-electron chi connectivity index (χ1n) is 10.2. The highest BCUT2D eigenvalue weighted by Gasteiger charge is 2.42. The average molecular weight is 443 g/mol. The lowest BCUT2D eigenvalue weighted by molar-refractivity contribution is 0.625. The second-order valence-electron chi connectivity index (χ2n) is 8.89. The highest BCUT2D eigenvalue weighted by Crippen LogP contribution is 2.64. The quantitative estimate of drug-likeness (QED) is 0.412. The Morgan fingerprint density at radius 3 is 2.17 bits per heavy atom. The van der Waals surface area contributed by atoms with Crippen LogP contribution in [0.5, 0.6) is 0 Å². The number of benzene rings is 2. The van der Waals surface area contributed by atoms with Crippen molar-refractivity contribution < 1.29 is 0 Å². The van der Waals surface area contributed by atoms with Gasteiger partial charge in [0.25, 0.3) is 0 Å². The van der Waals surface area contributed by atoms with Gasteiger partial charge in [-0.15, -0.1) is 0 Å². The van der Waals surface area contributed by atoms with Crippen molar-refractivity contribution in [3.63, 3.8) is 0 Å². The second-order valence-corrected chi connectivity index (χ2v) is 13.3. The monoisotopic (exact) mass is 442 g/mol. The second kappa shape index (κ2) is 8.34. The Bertz CT molecular complexity index is 1110. The molecule has 0 spiro atoms. The van der Waals surface area contributed by atoms with Crippen LogP contribution in [0.3, 0.4) is 0 Å². The number of nitrogens with zero attached hydrogens (tertiary/aromatic N) is 4. The van der Waals surface area contributed by atoms with Crippen LogP contribution in [0.15, 0.2) is 53.3 Å². The summed E-state index contributed by atoms with van der Waals surface area (Å²) >= 11 is 6.71. The summed E-state index contributed by atoms with van der Waals surface area (Å²) in [4.78, 5) is 0. The van der Waals surface area contributed by atoms with Crippen molar-refractivity contribution in [1.29, 1.82) is 0 Å². The van der Waals surface area contributed by atoms with E-state index in [-0.39, 0.29) is 5.16 Å². The van der Waals surface area contributed by atoms with Gasteiger partial charge in [0.1, 0.15) is 0 Å². The van der Waals surface area contributed by atoms with Crippen LogP contribution in [0.25, 0.3) is 5.69 Å². The summed E-state index contributed by atoms with van der Waals surface area (Å²) in [6, 6.07) is 16.4. The van der Waals surface area contributed by atoms with Gasteiger partial charge in [-0.1, -0.05) is 62.7 Å². The van der Waals surface area contributed by atoms with E-state index in [9.17, 15) is 0 Å². The molecule has 0 fully saturated rings. The first-order valence-corrected chi connectivity index (χ1v) is 12.3. The van der Waals surface area contributed by atoms with Gasteiger partial charge >= 0.3 is 0 Å². The maximum absolute atomic E-state index is 6.71. The van der Waals surface area contributed by atoms with Gasteiger partial charge in [-0.3, -0.25) is 4.67 Å². The maximum Gasteiger partial charge on any atom is 0.0822 e. The Morgan fingerprint density at radius 1 is 0.967 bits per heavy atom. The number of rotatable bonds is 4. The number of hydrogen-bond donors (Lipinski definition) is 0. The summed E-state index contributed by atoms with van der Waals surface area (Å²) in [6.07, 6.45) is 0. The van der Waals surface area contributed by atoms with Crippen LogP contribution in [0.4, 0.5) is 5.69 Å². The molecule has 3 aromatic rings. The first kappa shape index (κ1) is 22.8. The Kier molecular flexibility index (Phi) is 6.34. The zero-order valence-electron chi connectivity index (χ0n) is 19.2. The third-order valence-corrected chi connectivity index (χ3v) is 10.8. The van der Waals surface area contributed by atoms with E-state index in [2.05, 4.69) is 65.5 Å². The molecular formula is C24H32ClN4P. The lowest BCUT2D eigenvalue weighted by Crippen LogP contribution is -2.34. The van der Waals surface area contributed by atoms with Crippen molar-refractivity contribution in [2.75, 3.05) is 14.1 Å². The number of aryl methyl sites for hydroxylation is 2. The van der Waals surface area contributed by atoms with Gasteiger partial charge in [-0.2, -0.15) is 5.10 Å². The molecular weight excluding hydrogens is 411 g/mol. The zero-order valence-corrected chi connectivity index (χ0v) is 20.9. The molecule has 0 unspecified atom stereocenters. The molecule has 0 saturated heterocycles. The van der Waals surface area contributed by atoms with Gasteiger partial charge in [0.2, 0.25) is 0 Å². The Morgan fingerprint density at radius 2 is 1.60 bits per heavy atom. The first-order chi connectivity index (χ1) is 14.0. The molecule has 1 atom stereocenters. The van der Waals surface area contributed by atoms with Crippen LogP contribution in [0, 0.1) is 20.8 Å². The summed E-state index contributed by atoms with van der Waals surface area (Å²) < 4.78 is 9.82. The molecule has 2 aromatic carbocycles. The maximum atomic E-state index is 6.71. The lowest BCUT2D eigenvalue weighted by Gasteiger charge is -2.42. The lowest BCUT2D eigenvalue weighted by atomic mass is 10.2. The molecule has 4 nitrogen and oxygen atoms in total. The van der Waals surface area contributed by atoms with Crippen LogP contribution in [0.2, 0.25) is 5.02 Å². The molecule has 0 N–H and O–H groups in total. The zero-order chi connectivity index (χ0) is 22.3. The van der Waals surface area contributed by atoms with Gasteiger partial charge in [0.15, 0.2) is 0 Å². The third-order valence-electron chi connectivity index (χ3n) is 5.50. The van der Waals surface area contributed by atoms with Crippen LogP contribution in [0.1, 0.15) is 37.7 Å². The number of para-hydroxylation sites is 1. The summed E-state index contributed by atoms with van der Waals surface area (Å²) in [5, 5.41) is 6.77. The fraction of sp³-hybridized carbons (Fsp3) is 0.375. The largest absolute Gasteiger partial charge is 0.271 e. The molecule has 0 aliphatic rings. The van der Waals surface area contributed by atoms with Crippen molar-refractivity contribution in [3.05, 3.63) is 70.5 Å². The molecule has 30 heavy (non-hydrogen) atoms. The standard InChI is InChI=1S/C24H32ClN4P/c1-17-13-12-16-21(22(17)25)27-30(28(7)8,24(4,5)6)23-18(2)26-29(19(23)3)20-14-10-9-11-15-20/h9-16H,1-8H3/t30-/m0/s1. The fourth-order valence-corrected chi connectivity index (χ4v) is 8.79. The van der Waals surface area contributed by atoms with Crippen molar-refractivity contribution in [2.24, 2.45) is 4.74 Å². The van der Waals surface area contributed by atoms with E-state index in [4.69, 9.17) is 21.4 Å². The van der Waals surface area contributed by atoms with Gasteiger partial charge in [0, 0.05) is 5.16 Å². The van der Waals surface area contributed by atoms with Crippen molar-refractivity contribution >= 4 is 29.8 Å².